The molecule has 0 fully saturated rings. The van der Waals surface area contributed by atoms with E-state index in [2.05, 4.69) is 13.5 Å². The van der Waals surface area contributed by atoms with E-state index in [4.69, 9.17) is 0 Å². The monoisotopic (exact) mass is 268 g/mol. The van der Waals surface area contributed by atoms with E-state index in [0.29, 0.717) is 17.5 Å². The van der Waals surface area contributed by atoms with Gasteiger partial charge in [0.1, 0.15) is 0 Å². The van der Waals surface area contributed by atoms with Crippen molar-refractivity contribution in [3.63, 3.8) is 0 Å². The smallest absolute Gasteiger partial charge is 0.282 e. The van der Waals surface area contributed by atoms with Crippen LogP contribution in [0.3, 0.4) is 0 Å². The molecule has 1 rings (SSSR count). The highest BCUT2D eigenvalue weighted by molar-refractivity contribution is 7.86. The molecule has 1 aromatic carbocycles. The van der Waals surface area contributed by atoms with Crippen molar-refractivity contribution in [1.29, 1.82) is 0 Å². The first-order valence-electron chi connectivity index (χ1n) is 6.09. The fourth-order valence-electron chi connectivity index (χ4n) is 2.07. The molecule has 0 aliphatic heterocycles. The van der Waals surface area contributed by atoms with E-state index in [-0.39, 0.29) is 4.90 Å². The quantitative estimate of drug-likeness (QED) is 0.634. The summed E-state index contributed by atoms with van der Waals surface area (Å²) >= 11 is 0. The molecule has 0 aliphatic carbocycles. The van der Waals surface area contributed by atoms with Crippen LogP contribution in [0.5, 0.6) is 0 Å². The van der Waals surface area contributed by atoms with Gasteiger partial charge in [0, 0.05) is 0 Å². The van der Waals surface area contributed by atoms with Gasteiger partial charge < -0.3 is 0 Å². The SMILES string of the molecule is C=C(CCC)CCc1cccc(C)c1S(=O)(=O)O. The van der Waals surface area contributed by atoms with Crippen LogP contribution in [0.1, 0.15) is 37.3 Å². The maximum atomic E-state index is 11.4. The van der Waals surface area contributed by atoms with Crippen molar-refractivity contribution in [3.8, 4) is 0 Å². The normalized spacial score (nSPS) is 11.5. The summed E-state index contributed by atoms with van der Waals surface area (Å²) in [6, 6.07) is 5.24. The summed E-state index contributed by atoms with van der Waals surface area (Å²) in [5.74, 6) is 0. The number of hydrogen-bond donors (Lipinski definition) is 1. The van der Waals surface area contributed by atoms with Crippen molar-refractivity contribution < 1.29 is 13.0 Å². The van der Waals surface area contributed by atoms with E-state index < -0.39 is 10.1 Å². The molecule has 4 heteroatoms. The number of hydrogen-bond acceptors (Lipinski definition) is 2. The first kappa shape index (κ1) is 14.9. The Kier molecular flexibility index (Phi) is 5.11. The van der Waals surface area contributed by atoms with Gasteiger partial charge in [-0.3, -0.25) is 4.55 Å². The second-order valence-electron chi connectivity index (χ2n) is 4.54. The first-order valence-corrected chi connectivity index (χ1v) is 7.53. The lowest BCUT2D eigenvalue weighted by Crippen LogP contribution is -2.06. The Morgan fingerprint density at radius 2 is 2.00 bits per heavy atom. The molecule has 0 atom stereocenters. The maximum absolute atomic E-state index is 11.4. The molecule has 0 radical (unpaired) electrons. The summed E-state index contributed by atoms with van der Waals surface area (Å²) in [6.45, 7) is 7.73. The van der Waals surface area contributed by atoms with Crippen molar-refractivity contribution >= 4 is 10.1 Å². The Hall–Kier alpha value is -1.13. The van der Waals surface area contributed by atoms with Crippen LogP contribution >= 0.6 is 0 Å². The van der Waals surface area contributed by atoms with Crippen molar-refractivity contribution in [2.45, 2.75) is 44.4 Å². The topological polar surface area (TPSA) is 54.4 Å². The molecule has 0 aromatic heterocycles. The highest BCUT2D eigenvalue weighted by atomic mass is 32.2. The molecule has 0 saturated heterocycles. The van der Waals surface area contributed by atoms with Crippen LogP contribution in [0.4, 0.5) is 0 Å². The Bertz CT molecular complexity index is 530. The van der Waals surface area contributed by atoms with E-state index in [0.717, 1.165) is 24.8 Å². The van der Waals surface area contributed by atoms with E-state index in [9.17, 15) is 13.0 Å². The minimum absolute atomic E-state index is 0.0503. The summed E-state index contributed by atoms with van der Waals surface area (Å²) < 4.78 is 32.0. The average molecular weight is 268 g/mol. The zero-order chi connectivity index (χ0) is 13.8. The molecule has 100 valence electrons. The first-order chi connectivity index (χ1) is 8.36. The molecular weight excluding hydrogens is 248 g/mol. The van der Waals surface area contributed by atoms with Crippen LogP contribution in [-0.2, 0) is 16.5 Å². The highest BCUT2D eigenvalue weighted by Gasteiger charge is 2.17. The second kappa shape index (κ2) is 6.16. The van der Waals surface area contributed by atoms with Crippen molar-refractivity contribution in [2.24, 2.45) is 0 Å². The van der Waals surface area contributed by atoms with Crippen LogP contribution in [0, 0.1) is 6.92 Å². The third kappa shape index (κ3) is 3.96. The van der Waals surface area contributed by atoms with E-state index in [1.54, 1.807) is 19.1 Å². The Labute approximate surface area is 109 Å². The van der Waals surface area contributed by atoms with Crippen molar-refractivity contribution in [1.82, 2.24) is 0 Å². The predicted octanol–water partition coefficient (Wildman–Crippen LogP) is 3.53. The average Bonchev–Trinajstić information content (AvgIpc) is 2.25. The van der Waals surface area contributed by atoms with Crippen LogP contribution in [0.25, 0.3) is 0 Å². The van der Waals surface area contributed by atoms with Gasteiger partial charge in [-0.1, -0.05) is 43.7 Å². The molecule has 0 amide bonds. The van der Waals surface area contributed by atoms with E-state index >= 15 is 0 Å². The van der Waals surface area contributed by atoms with E-state index in [1.165, 1.54) is 0 Å². The van der Waals surface area contributed by atoms with Gasteiger partial charge in [-0.05, 0) is 37.3 Å². The zero-order valence-electron chi connectivity index (χ0n) is 10.9. The highest BCUT2D eigenvalue weighted by Crippen LogP contribution is 2.23. The molecule has 0 spiro atoms. The molecule has 18 heavy (non-hydrogen) atoms. The molecule has 0 unspecified atom stereocenters. The fraction of sp³-hybridized carbons (Fsp3) is 0.429. The minimum Gasteiger partial charge on any atom is -0.282 e. The third-order valence-electron chi connectivity index (χ3n) is 2.90. The van der Waals surface area contributed by atoms with Crippen LogP contribution in [-0.4, -0.2) is 13.0 Å². The molecule has 0 bridgehead atoms. The lowest BCUT2D eigenvalue weighted by Gasteiger charge is -2.10. The lowest BCUT2D eigenvalue weighted by molar-refractivity contribution is 0.481. The summed E-state index contributed by atoms with van der Waals surface area (Å²) in [4.78, 5) is 0.0503. The molecular formula is C14H20O3S. The van der Waals surface area contributed by atoms with Gasteiger partial charge in [0.2, 0.25) is 0 Å². The standard InChI is InChI=1S/C14H20O3S/c1-4-6-11(2)9-10-13-8-5-7-12(3)14(13)18(15,16)17/h5,7-8H,2,4,6,9-10H2,1,3H3,(H,15,16,17). The maximum Gasteiger partial charge on any atom is 0.295 e. The van der Waals surface area contributed by atoms with Crippen LogP contribution in [0.2, 0.25) is 0 Å². The van der Waals surface area contributed by atoms with Crippen LogP contribution < -0.4 is 0 Å². The van der Waals surface area contributed by atoms with Crippen molar-refractivity contribution in [2.75, 3.05) is 0 Å². The number of allylic oxidation sites excluding steroid dienone is 1. The second-order valence-corrected chi connectivity index (χ2v) is 5.90. The summed E-state index contributed by atoms with van der Waals surface area (Å²) in [7, 11) is -4.15. The lowest BCUT2D eigenvalue weighted by atomic mass is 10.0. The largest absolute Gasteiger partial charge is 0.295 e. The van der Waals surface area contributed by atoms with Gasteiger partial charge in [-0.2, -0.15) is 8.42 Å². The summed E-state index contributed by atoms with van der Waals surface area (Å²) in [6.07, 6.45) is 3.33. The van der Waals surface area contributed by atoms with Gasteiger partial charge in [0.25, 0.3) is 10.1 Å². The van der Waals surface area contributed by atoms with Gasteiger partial charge in [-0.25, -0.2) is 0 Å². The number of aryl methyl sites for hydroxylation is 2. The molecule has 0 aliphatic rings. The van der Waals surface area contributed by atoms with E-state index in [1.807, 2.05) is 6.07 Å². The number of benzene rings is 1. The molecule has 0 saturated carbocycles. The summed E-state index contributed by atoms with van der Waals surface area (Å²) in [5, 5.41) is 0. The Morgan fingerprint density at radius 1 is 1.33 bits per heavy atom. The number of rotatable bonds is 6. The Balaban J connectivity index is 2.97. The Morgan fingerprint density at radius 3 is 2.56 bits per heavy atom. The minimum atomic E-state index is -4.15. The van der Waals surface area contributed by atoms with Gasteiger partial charge in [-0.15, -0.1) is 0 Å². The van der Waals surface area contributed by atoms with Gasteiger partial charge in [0.15, 0.2) is 0 Å². The zero-order valence-corrected chi connectivity index (χ0v) is 11.8. The molecule has 1 N–H and O–H groups in total. The summed E-state index contributed by atoms with van der Waals surface area (Å²) in [5.41, 5.74) is 2.35. The van der Waals surface area contributed by atoms with Crippen LogP contribution in [0.15, 0.2) is 35.2 Å². The molecule has 1 aromatic rings. The molecule has 0 heterocycles. The fourth-order valence-corrected chi connectivity index (χ4v) is 3.05. The van der Waals surface area contributed by atoms with Gasteiger partial charge >= 0.3 is 0 Å². The van der Waals surface area contributed by atoms with Gasteiger partial charge in [0.05, 0.1) is 4.90 Å². The predicted molar refractivity (Wildman–Crippen MR) is 73.4 cm³/mol. The van der Waals surface area contributed by atoms with Crippen molar-refractivity contribution in [3.05, 3.63) is 41.5 Å². The molecule has 3 nitrogen and oxygen atoms in total. The third-order valence-corrected chi connectivity index (χ3v) is 4.00.